The molecule has 0 aliphatic carbocycles. The summed E-state index contributed by atoms with van der Waals surface area (Å²) >= 11 is 0. The van der Waals surface area contributed by atoms with E-state index in [-0.39, 0.29) is 30.7 Å². The average molecular weight is 415 g/mol. The third-order valence-corrected chi connectivity index (χ3v) is 4.21. The van der Waals surface area contributed by atoms with Crippen LogP contribution in [0.5, 0.6) is 0 Å². The van der Waals surface area contributed by atoms with Crippen LogP contribution in [0.2, 0.25) is 0 Å². The zero-order valence-corrected chi connectivity index (χ0v) is 18.5. The van der Waals surface area contributed by atoms with Gasteiger partial charge >= 0.3 is 5.97 Å². The van der Waals surface area contributed by atoms with Crippen molar-refractivity contribution in [2.75, 3.05) is 6.54 Å². The molecule has 0 aliphatic rings. The lowest BCUT2D eigenvalue weighted by Gasteiger charge is -2.26. The standard InChI is InChI=1S/C20H38N4O5/c1-11(2)7-14(22-17(25)10-21)18(26)23-15(8-12(3)4)19(27)24-16(20(28)29)9-13(5)6/h11-16H,7-10,21H2,1-6H3,(H,22,25)(H,23,26)(H,24,27)(H,28,29). The summed E-state index contributed by atoms with van der Waals surface area (Å²) in [6.45, 7) is 11.1. The van der Waals surface area contributed by atoms with E-state index in [2.05, 4.69) is 16.0 Å². The molecular weight excluding hydrogens is 376 g/mol. The molecule has 0 aromatic carbocycles. The summed E-state index contributed by atoms with van der Waals surface area (Å²) < 4.78 is 0. The Morgan fingerprint density at radius 2 is 1.03 bits per heavy atom. The van der Waals surface area contributed by atoms with Crippen LogP contribution in [0.1, 0.15) is 60.8 Å². The molecule has 0 aromatic rings. The van der Waals surface area contributed by atoms with Gasteiger partial charge in [-0.15, -0.1) is 0 Å². The van der Waals surface area contributed by atoms with Crippen molar-refractivity contribution in [3.05, 3.63) is 0 Å². The highest BCUT2D eigenvalue weighted by Gasteiger charge is 2.30. The molecule has 29 heavy (non-hydrogen) atoms. The highest BCUT2D eigenvalue weighted by atomic mass is 16.4. The third-order valence-electron chi connectivity index (χ3n) is 4.21. The fourth-order valence-corrected chi connectivity index (χ4v) is 2.90. The minimum atomic E-state index is -1.12. The number of amides is 3. The molecule has 0 heterocycles. The first-order valence-corrected chi connectivity index (χ1v) is 10.2. The molecule has 0 aliphatic heterocycles. The number of carbonyl (C=O) groups is 4. The van der Waals surface area contributed by atoms with Gasteiger partial charge in [-0.05, 0) is 37.0 Å². The van der Waals surface area contributed by atoms with E-state index in [9.17, 15) is 24.3 Å². The van der Waals surface area contributed by atoms with Crippen LogP contribution in [0.3, 0.4) is 0 Å². The molecule has 0 spiro atoms. The van der Waals surface area contributed by atoms with E-state index in [1.165, 1.54) is 0 Å². The van der Waals surface area contributed by atoms with Gasteiger partial charge in [0, 0.05) is 0 Å². The first kappa shape index (κ1) is 26.8. The van der Waals surface area contributed by atoms with Crippen molar-refractivity contribution in [1.82, 2.24) is 16.0 Å². The summed E-state index contributed by atoms with van der Waals surface area (Å²) in [5, 5.41) is 17.2. The highest BCUT2D eigenvalue weighted by Crippen LogP contribution is 2.10. The van der Waals surface area contributed by atoms with Crippen LogP contribution in [-0.4, -0.2) is 53.5 Å². The Hall–Kier alpha value is -2.16. The van der Waals surface area contributed by atoms with Crippen molar-refractivity contribution < 1.29 is 24.3 Å². The summed E-state index contributed by atoms with van der Waals surface area (Å²) in [6, 6.07) is -2.75. The monoisotopic (exact) mass is 414 g/mol. The van der Waals surface area contributed by atoms with E-state index in [0.29, 0.717) is 12.8 Å². The Morgan fingerprint density at radius 3 is 1.38 bits per heavy atom. The van der Waals surface area contributed by atoms with Gasteiger partial charge in [-0.2, -0.15) is 0 Å². The molecule has 0 saturated heterocycles. The number of nitrogens with two attached hydrogens (primary N) is 1. The number of nitrogens with one attached hydrogen (secondary N) is 3. The molecule has 0 rings (SSSR count). The number of carbonyl (C=O) groups excluding carboxylic acids is 3. The second-order valence-electron chi connectivity index (χ2n) is 8.67. The topological polar surface area (TPSA) is 151 Å². The molecule has 3 unspecified atom stereocenters. The summed E-state index contributed by atoms with van der Waals surface area (Å²) in [4.78, 5) is 48.6. The van der Waals surface area contributed by atoms with Gasteiger partial charge in [-0.3, -0.25) is 14.4 Å². The summed E-state index contributed by atoms with van der Waals surface area (Å²) in [6.07, 6.45) is 1.01. The van der Waals surface area contributed by atoms with Crippen LogP contribution in [0, 0.1) is 17.8 Å². The molecule has 0 fully saturated rings. The minimum absolute atomic E-state index is 0.0800. The predicted octanol–water partition coefficient (Wildman–Crippen LogP) is 0.622. The summed E-state index contributed by atoms with van der Waals surface area (Å²) in [7, 11) is 0. The van der Waals surface area contributed by atoms with Crippen LogP contribution in [-0.2, 0) is 19.2 Å². The van der Waals surface area contributed by atoms with E-state index >= 15 is 0 Å². The first-order chi connectivity index (χ1) is 13.4. The molecule has 0 saturated carbocycles. The van der Waals surface area contributed by atoms with Crippen molar-refractivity contribution >= 4 is 23.7 Å². The molecule has 3 amide bonds. The first-order valence-electron chi connectivity index (χ1n) is 10.2. The van der Waals surface area contributed by atoms with Gasteiger partial charge in [0.05, 0.1) is 6.54 Å². The van der Waals surface area contributed by atoms with Crippen LogP contribution in [0.25, 0.3) is 0 Å². The number of aliphatic carboxylic acids is 1. The van der Waals surface area contributed by atoms with Crippen molar-refractivity contribution in [2.45, 2.75) is 78.9 Å². The maximum absolute atomic E-state index is 12.8. The minimum Gasteiger partial charge on any atom is -0.480 e. The highest BCUT2D eigenvalue weighted by molar-refractivity contribution is 5.93. The Bertz CT molecular complexity index is 563. The van der Waals surface area contributed by atoms with E-state index in [1.54, 1.807) is 0 Å². The Labute approximate surface area is 173 Å². The lowest BCUT2D eigenvalue weighted by molar-refractivity contribution is -0.143. The third kappa shape index (κ3) is 11.4. The van der Waals surface area contributed by atoms with Crippen LogP contribution < -0.4 is 21.7 Å². The summed E-state index contributed by atoms with van der Waals surface area (Å²) in [5.41, 5.74) is 5.33. The van der Waals surface area contributed by atoms with Crippen molar-refractivity contribution in [3.63, 3.8) is 0 Å². The maximum Gasteiger partial charge on any atom is 0.326 e. The van der Waals surface area contributed by atoms with Gasteiger partial charge in [0.25, 0.3) is 0 Å². The van der Waals surface area contributed by atoms with Gasteiger partial charge in [0.2, 0.25) is 17.7 Å². The molecule has 0 aromatic heterocycles. The van der Waals surface area contributed by atoms with E-state index in [0.717, 1.165) is 0 Å². The smallest absolute Gasteiger partial charge is 0.326 e. The van der Waals surface area contributed by atoms with Gasteiger partial charge < -0.3 is 26.8 Å². The quantitative estimate of drug-likeness (QED) is 0.298. The molecule has 0 bridgehead atoms. The zero-order valence-electron chi connectivity index (χ0n) is 18.5. The second-order valence-corrected chi connectivity index (χ2v) is 8.67. The molecular formula is C20H38N4O5. The van der Waals surface area contributed by atoms with E-state index < -0.39 is 41.8 Å². The van der Waals surface area contributed by atoms with Crippen molar-refractivity contribution in [1.29, 1.82) is 0 Å². The predicted molar refractivity (Wildman–Crippen MR) is 111 cm³/mol. The maximum atomic E-state index is 12.8. The fraction of sp³-hybridized carbons (Fsp3) is 0.800. The number of carboxylic acids is 1. The SMILES string of the molecule is CC(C)CC(NC(=O)C(CC(C)C)NC(=O)C(CC(C)C)NC(=O)CN)C(=O)O. The molecule has 0 radical (unpaired) electrons. The van der Waals surface area contributed by atoms with E-state index in [1.807, 2.05) is 41.5 Å². The molecule has 9 nitrogen and oxygen atoms in total. The average Bonchev–Trinajstić information content (AvgIpc) is 2.58. The molecule has 3 atom stereocenters. The Balaban J connectivity index is 5.36. The molecule has 6 N–H and O–H groups in total. The van der Waals surface area contributed by atoms with Crippen LogP contribution in [0.15, 0.2) is 0 Å². The normalized spacial score (nSPS) is 14.4. The van der Waals surface area contributed by atoms with E-state index in [4.69, 9.17) is 5.73 Å². The molecule has 9 heteroatoms. The zero-order chi connectivity index (χ0) is 22.7. The van der Waals surface area contributed by atoms with Crippen molar-refractivity contribution in [2.24, 2.45) is 23.5 Å². The fourth-order valence-electron chi connectivity index (χ4n) is 2.90. The molecule has 168 valence electrons. The van der Waals surface area contributed by atoms with Gasteiger partial charge in [-0.1, -0.05) is 41.5 Å². The Morgan fingerprint density at radius 1 is 0.690 bits per heavy atom. The van der Waals surface area contributed by atoms with Gasteiger partial charge in [0.1, 0.15) is 18.1 Å². The van der Waals surface area contributed by atoms with Crippen molar-refractivity contribution in [3.8, 4) is 0 Å². The van der Waals surface area contributed by atoms with Gasteiger partial charge in [0.15, 0.2) is 0 Å². The Kier molecular flexibility index (Phi) is 12.2. The number of hydrogen-bond acceptors (Lipinski definition) is 5. The second kappa shape index (κ2) is 13.1. The van der Waals surface area contributed by atoms with Crippen LogP contribution in [0.4, 0.5) is 0 Å². The summed E-state index contributed by atoms with van der Waals surface area (Å²) in [5.74, 6) is -2.32. The number of carboxylic acid groups (broad SMARTS) is 1. The lowest BCUT2D eigenvalue weighted by atomic mass is 9.99. The number of hydrogen-bond donors (Lipinski definition) is 5. The van der Waals surface area contributed by atoms with Gasteiger partial charge in [-0.25, -0.2) is 4.79 Å². The largest absolute Gasteiger partial charge is 0.480 e. The van der Waals surface area contributed by atoms with Crippen LogP contribution >= 0.6 is 0 Å². The lowest BCUT2D eigenvalue weighted by Crippen LogP contribution is -2.56. The number of rotatable bonds is 13.